The third-order valence-electron chi connectivity index (χ3n) is 3.85. The molecule has 6 heteroatoms. The van der Waals surface area contributed by atoms with Crippen LogP contribution >= 0.6 is 0 Å². The molecule has 2 aromatic rings. The molecule has 0 aliphatic rings. The average molecular weight is 315 g/mol. The monoisotopic (exact) mass is 315 g/mol. The van der Waals surface area contributed by atoms with E-state index in [0.29, 0.717) is 12.4 Å². The first kappa shape index (κ1) is 17.0. The minimum Gasteiger partial charge on any atom is -0.331 e. The average Bonchev–Trinajstić information content (AvgIpc) is 2.88. The summed E-state index contributed by atoms with van der Waals surface area (Å²) in [6.07, 6.45) is 1.47. The molecule has 0 aliphatic carbocycles. The number of hydrogen-bond donors (Lipinski definition) is 2. The van der Waals surface area contributed by atoms with Gasteiger partial charge in [-0.1, -0.05) is 45.0 Å². The minimum absolute atomic E-state index is 0.0804. The van der Waals surface area contributed by atoms with Crippen molar-refractivity contribution in [1.29, 1.82) is 0 Å². The van der Waals surface area contributed by atoms with Crippen LogP contribution in [0.15, 0.2) is 30.6 Å². The molecule has 124 valence electrons. The molecule has 0 saturated heterocycles. The molecule has 0 fully saturated rings. The van der Waals surface area contributed by atoms with Crippen LogP contribution in [0.4, 0.5) is 4.79 Å². The fourth-order valence-electron chi connectivity index (χ4n) is 2.49. The number of nitrogens with zero attached hydrogens (tertiary/aromatic N) is 3. The van der Waals surface area contributed by atoms with Gasteiger partial charge in [-0.3, -0.25) is 4.68 Å². The van der Waals surface area contributed by atoms with E-state index < -0.39 is 0 Å². The Labute approximate surface area is 137 Å². The standard InChI is InChI=1S/C17H25N5O/c1-12-8-6-7-9-13(12)15(17(2,3)4)21-16(23)18-10-14-19-11-20-22(14)5/h6-9,11,15H,10H2,1-5H3,(H2,18,21,23)/t15-/m1/s1. The first-order valence-electron chi connectivity index (χ1n) is 7.72. The van der Waals surface area contributed by atoms with E-state index in [-0.39, 0.29) is 17.5 Å². The van der Waals surface area contributed by atoms with Crippen molar-refractivity contribution >= 4 is 6.03 Å². The Morgan fingerprint density at radius 3 is 2.57 bits per heavy atom. The van der Waals surface area contributed by atoms with Gasteiger partial charge < -0.3 is 10.6 Å². The zero-order chi connectivity index (χ0) is 17.0. The van der Waals surface area contributed by atoms with E-state index in [2.05, 4.69) is 60.5 Å². The lowest BCUT2D eigenvalue weighted by Crippen LogP contribution is -2.42. The van der Waals surface area contributed by atoms with E-state index >= 15 is 0 Å². The van der Waals surface area contributed by atoms with Crippen LogP contribution in [-0.2, 0) is 13.6 Å². The normalized spacial score (nSPS) is 12.7. The molecule has 2 rings (SSSR count). The molecule has 1 aromatic heterocycles. The van der Waals surface area contributed by atoms with Gasteiger partial charge in [-0.25, -0.2) is 9.78 Å². The highest BCUT2D eigenvalue weighted by Gasteiger charge is 2.28. The van der Waals surface area contributed by atoms with Crippen molar-refractivity contribution in [2.24, 2.45) is 12.5 Å². The van der Waals surface area contributed by atoms with Crippen LogP contribution in [0.1, 0.15) is 43.8 Å². The lowest BCUT2D eigenvalue weighted by atomic mass is 9.81. The Bertz CT molecular complexity index is 672. The first-order valence-corrected chi connectivity index (χ1v) is 7.72. The van der Waals surface area contributed by atoms with Gasteiger partial charge in [0.1, 0.15) is 12.2 Å². The van der Waals surface area contributed by atoms with Gasteiger partial charge in [0.15, 0.2) is 0 Å². The maximum atomic E-state index is 12.3. The van der Waals surface area contributed by atoms with E-state index in [1.165, 1.54) is 11.9 Å². The highest BCUT2D eigenvalue weighted by molar-refractivity contribution is 5.74. The van der Waals surface area contributed by atoms with Gasteiger partial charge in [-0.2, -0.15) is 5.10 Å². The van der Waals surface area contributed by atoms with Crippen molar-refractivity contribution < 1.29 is 4.79 Å². The Kier molecular flexibility index (Phi) is 5.03. The summed E-state index contributed by atoms with van der Waals surface area (Å²) in [4.78, 5) is 16.4. The third kappa shape index (κ3) is 4.31. The fraction of sp³-hybridized carbons (Fsp3) is 0.471. The minimum atomic E-state index is -0.212. The second-order valence-corrected chi connectivity index (χ2v) is 6.78. The van der Waals surface area contributed by atoms with Crippen LogP contribution < -0.4 is 10.6 Å². The van der Waals surface area contributed by atoms with E-state index in [4.69, 9.17) is 0 Å². The molecule has 0 spiro atoms. The molecule has 0 radical (unpaired) electrons. The van der Waals surface area contributed by atoms with Gasteiger partial charge in [0.05, 0.1) is 12.6 Å². The van der Waals surface area contributed by atoms with E-state index in [0.717, 1.165) is 5.56 Å². The third-order valence-corrected chi connectivity index (χ3v) is 3.85. The summed E-state index contributed by atoms with van der Waals surface area (Å²) in [7, 11) is 1.80. The fourth-order valence-corrected chi connectivity index (χ4v) is 2.49. The zero-order valence-electron chi connectivity index (χ0n) is 14.4. The zero-order valence-corrected chi connectivity index (χ0v) is 14.4. The number of urea groups is 1. The number of hydrogen-bond acceptors (Lipinski definition) is 3. The molecule has 0 bridgehead atoms. The molecule has 23 heavy (non-hydrogen) atoms. The molecule has 0 aliphatic heterocycles. The molecule has 1 aromatic carbocycles. The van der Waals surface area contributed by atoms with Crippen molar-refractivity contribution in [1.82, 2.24) is 25.4 Å². The molecular formula is C17H25N5O. The van der Waals surface area contributed by atoms with Crippen LogP contribution in [0.5, 0.6) is 0 Å². The van der Waals surface area contributed by atoms with Crippen molar-refractivity contribution in [2.45, 2.75) is 40.3 Å². The van der Waals surface area contributed by atoms with Crippen LogP contribution in [0.3, 0.4) is 0 Å². The van der Waals surface area contributed by atoms with Crippen molar-refractivity contribution in [2.75, 3.05) is 0 Å². The Hall–Kier alpha value is -2.37. The van der Waals surface area contributed by atoms with Crippen molar-refractivity contribution in [3.05, 3.63) is 47.5 Å². The van der Waals surface area contributed by atoms with Gasteiger partial charge in [-0.05, 0) is 23.5 Å². The summed E-state index contributed by atoms with van der Waals surface area (Å²) in [6, 6.07) is 7.84. The molecule has 6 nitrogen and oxygen atoms in total. The first-order chi connectivity index (χ1) is 10.8. The number of amides is 2. The Morgan fingerprint density at radius 1 is 1.30 bits per heavy atom. The lowest BCUT2D eigenvalue weighted by Gasteiger charge is -2.33. The van der Waals surface area contributed by atoms with Gasteiger partial charge in [0.2, 0.25) is 0 Å². The molecular weight excluding hydrogens is 290 g/mol. The second-order valence-electron chi connectivity index (χ2n) is 6.78. The highest BCUT2D eigenvalue weighted by atomic mass is 16.2. The second kappa shape index (κ2) is 6.81. The number of rotatable bonds is 4. The molecule has 2 N–H and O–H groups in total. The summed E-state index contributed by atoms with van der Waals surface area (Å²) >= 11 is 0. The number of carbonyl (C=O) groups is 1. The number of carbonyl (C=O) groups excluding carboxylic acids is 1. The van der Waals surface area contributed by atoms with Crippen LogP contribution in [0, 0.1) is 12.3 Å². The molecule has 1 heterocycles. The molecule has 0 unspecified atom stereocenters. The van der Waals surface area contributed by atoms with E-state index in [9.17, 15) is 4.79 Å². The predicted octanol–water partition coefficient (Wildman–Crippen LogP) is 2.71. The smallest absolute Gasteiger partial charge is 0.315 e. The molecule has 2 amide bonds. The maximum absolute atomic E-state index is 12.3. The summed E-state index contributed by atoms with van der Waals surface area (Å²) in [5.41, 5.74) is 2.20. The number of aryl methyl sites for hydroxylation is 2. The summed E-state index contributed by atoms with van der Waals surface area (Å²) in [5.74, 6) is 0.711. The maximum Gasteiger partial charge on any atom is 0.315 e. The molecule has 1 atom stereocenters. The summed E-state index contributed by atoms with van der Waals surface area (Å²) in [6.45, 7) is 8.76. The summed E-state index contributed by atoms with van der Waals surface area (Å²) < 4.78 is 1.64. The van der Waals surface area contributed by atoms with E-state index in [1.807, 2.05) is 12.1 Å². The predicted molar refractivity (Wildman–Crippen MR) is 89.7 cm³/mol. The quantitative estimate of drug-likeness (QED) is 0.911. The van der Waals surface area contributed by atoms with Crippen LogP contribution in [0.25, 0.3) is 0 Å². The molecule has 0 saturated carbocycles. The topological polar surface area (TPSA) is 71.8 Å². The van der Waals surface area contributed by atoms with Crippen LogP contribution in [-0.4, -0.2) is 20.8 Å². The van der Waals surface area contributed by atoms with Gasteiger partial charge in [-0.15, -0.1) is 0 Å². The van der Waals surface area contributed by atoms with Crippen LogP contribution in [0.2, 0.25) is 0 Å². The van der Waals surface area contributed by atoms with E-state index in [1.54, 1.807) is 11.7 Å². The van der Waals surface area contributed by atoms with Gasteiger partial charge in [0, 0.05) is 7.05 Å². The van der Waals surface area contributed by atoms with Gasteiger partial charge in [0.25, 0.3) is 0 Å². The van der Waals surface area contributed by atoms with Crippen molar-refractivity contribution in [3.8, 4) is 0 Å². The largest absolute Gasteiger partial charge is 0.331 e. The summed E-state index contributed by atoms with van der Waals surface area (Å²) in [5, 5.41) is 9.92. The number of aromatic nitrogens is 3. The highest BCUT2D eigenvalue weighted by Crippen LogP contribution is 2.34. The SMILES string of the molecule is Cc1ccccc1[C@@H](NC(=O)NCc1ncnn1C)C(C)(C)C. The van der Waals surface area contributed by atoms with Crippen molar-refractivity contribution in [3.63, 3.8) is 0 Å². The van der Waals surface area contributed by atoms with Gasteiger partial charge >= 0.3 is 6.03 Å². The number of nitrogens with one attached hydrogen (secondary N) is 2. The Balaban J connectivity index is 2.08. The lowest BCUT2D eigenvalue weighted by molar-refractivity contribution is 0.217. The Morgan fingerprint density at radius 2 is 2.00 bits per heavy atom. The number of benzene rings is 1.